The van der Waals surface area contributed by atoms with Crippen LogP contribution in [0.1, 0.15) is 118 Å². The van der Waals surface area contributed by atoms with Gasteiger partial charge in [-0.1, -0.05) is 15.9 Å². The first-order chi connectivity index (χ1) is 23.7. The average molecular weight is 795 g/mol. The monoisotopic (exact) mass is 794 g/mol. The Balaban J connectivity index is 0.000000216. The highest BCUT2D eigenvalue weighted by Gasteiger charge is 2.63. The van der Waals surface area contributed by atoms with Crippen molar-refractivity contribution >= 4 is 54.5 Å². The summed E-state index contributed by atoms with van der Waals surface area (Å²) in [6, 6.07) is 7.94. The van der Waals surface area contributed by atoms with E-state index in [0.717, 1.165) is 12.1 Å². The maximum Gasteiger partial charge on any atom is 0.494 e. The summed E-state index contributed by atoms with van der Waals surface area (Å²) in [4.78, 5) is 22.9. The van der Waals surface area contributed by atoms with Crippen LogP contribution in [0.3, 0.4) is 0 Å². The molecule has 0 aliphatic carbocycles. The Kier molecular flexibility index (Phi) is 13.7. The van der Waals surface area contributed by atoms with Gasteiger partial charge in [-0.25, -0.2) is 18.4 Å². The molecule has 3 fully saturated rings. The van der Waals surface area contributed by atoms with Crippen molar-refractivity contribution < 1.29 is 55.8 Å². The van der Waals surface area contributed by atoms with E-state index in [1.165, 1.54) is 18.2 Å². The van der Waals surface area contributed by atoms with Crippen LogP contribution in [-0.4, -0.2) is 79.9 Å². The van der Waals surface area contributed by atoms with Crippen LogP contribution in [0.4, 0.5) is 8.78 Å². The molecule has 2 aromatic rings. The zero-order chi connectivity index (χ0) is 39.7. The van der Waals surface area contributed by atoms with Gasteiger partial charge in [-0.3, -0.25) is 0 Å². The van der Waals surface area contributed by atoms with E-state index >= 15 is 0 Å². The molecule has 0 spiro atoms. The van der Waals surface area contributed by atoms with Gasteiger partial charge in [0.15, 0.2) is 0 Å². The fraction of sp³-hybridized carbons (Fsp3) is 0.611. The smallest absolute Gasteiger partial charge is 0.462 e. The van der Waals surface area contributed by atoms with Crippen molar-refractivity contribution in [1.29, 1.82) is 0 Å². The Bertz CT molecular complexity index is 1500. The number of benzene rings is 2. The van der Waals surface area contributed by atoms with Gasteiger partial charge in [0.1, 0.15) is 11.6 Å². The molecule has 286 valence electrons. The van der Waals surface area contributed by atoms with E-state index in [2.05, 4.69) is 15.9 Å². The van der Waals surface area contributed by atoms with Gasteiger partial charge in [-0.2, -0.15) is 0 Å². The highest BCUT2D eigenvalue weighted by molar-refractivity contribution is 9.10. The molecule has 0 unspecified atom stereocenters. The first kappa shape index (κ1) is 44.1. The number of esters is 2. The van der Waals surface area contributed by atoms with Gasteiger partial charge in [0.05, 0.1) is 57.9 Å². The van der Waals surface area contributed by atoms with Crippen molar-refractivity contribution in [3.63, 3.8) is 0 Å². The maximum absolute atomic E-state index is 13.7. The van der Waals surface area contributed by atoms with Crippen molar-refractivity contribution in [2.24, 2.45) is 0 Å². The van der Waals surface area contributed by atoms with Crippen molar-refractivity contribution in [1.82, 2.24) is 0 Å². The predicted octanol–water partition coefficient (Wildman–Crippen LogP) is 7.32. The molecule has 0 aromatic heterocycles. The van der Waals surface area contributed by atoms with Crippen LogP contribution in [0.25, 0.3) is 0 Å². The summed E-state index contributed by atoms with van der Waals surface area (Å²) in [5.41, 5.74) is -1.64. The standard InChI is InChI=1S/C15H20BFO4.C12H24B2O4.C9H8BrFO2/c1-6-19-13(18)10-7-11(9-12(17)8-10)16-20-14(2,3)15(4,5)21-16;1-9(2)10(3,4)16-13(15-9)14-17-11(5,6)12(7,8)18-14;1-2-13-9(12)6-3-7(10)5-8(11)4-6/h7-9H,6H2,1-5H3;1-8H3;3-5H,2H2,1H3. The molecule has 10 nitrogen and oxygen atoms in total. The highest BCUT2D eigenvalue weighted by Crippen LogP contribution is 2.43. The third kappa shape index (κ3) is 10.2. The number of carbonyl (C=O) groups excluding carboxylic acids is 2. The molecule has 3 aliphatic rings. The molecule has 0 N–H and O–H groups in total. The molecule has 2 aromatic carbocycles. The minimum absolute atomic E-state index is 0.154. The molecule has 3 saturated heterocycles. The van der Waals surface area contributed by atoms with Crippen molar-refractivity contribution in [3.8, 4) is 0 Å². The van der Waals surface area contributed by atoms with Crippen LogP contribution in [0.15, 0.2) is 40.9 Å². The minimum Gasteiger partial charge on any atom is -0.462 e. The van der Waals surface area contributed by atoms with Crippen LogP contribution in [-0.2, 0) is 37.4 Å². The molecule has 0 radical (unpaired) electrons. The Morgan fingerprint density at radius 1 is 0.558 bits per heavy atom. The van der Waals surface area contributed by atoms with Crippen LogP contribution in [0.2, 0.25) is 0 Å². The van der Waals surface area contributed by atoms with Crippen LogP contribution >= 0.6 is 15.9 Å². The Morgan fingerprint density at radius 3 is 1.23 bits per heavy atom. The second-order valence-corrected chi connectivity index (χ2v) is 16.6. The zero-order valence-electron chi connectivity index (χ0n) is 32.8. The molecule has 0 saturated carbocycles. The lowest BCUT2D eigenvalue weighted by Crippen LogP contribution is -2.41. The van der Waals surface area contributed by atoms with Crippen molar-refractivity contribution in [3.05, 3.63) is 63.6 Å². The summed E-state index contributed by atoms with van der Waals surface area (Å²) >= 11 is 3.08. The highest BCUT2D eigenvalue weighted by atomic mass is 79.9. The maximum atomic E-state index is 13.7. The normalized spacial score (nSPS) is 21.4. The van der Waals surface area contributed by atoms with Gasteiger partial charge in [0, 0.05) is 4.47 Å². The lowest BCUT2D eigenvalue weighted by Gasteiger charge is -2.32. The van der Waals surface area contributed by atoms with E-state index in [1.807, 2.05) is 83.1 Å². The molecule has 0 bridgehead atoms. The van der Waals surface area contributed by atoms with Gasteiger partial charge >= 0.3 is 33.1 Å². The quantitative estimate of drug-likeness (QED) is 0.218. The molecule has 3 aliphatic heterocycles. The second kappa shape index (κ2) is 16.2. The van der Waals surface area contributed by atoms with E-state index in [1.54, 1.807) is 19.9 Å². The Labute approximate surface area is 316 Å². The number of ether oxygens (including phenoxy) is 2. The molecule has 3 heterocycles. The molecule has 5 rings (SSSR count). The van der Waals surface area contributed by atoms with Crippen LogP contribution in [0.5, 0.6) is 0 Å². The minimum atomic E-state index is -0.709. The predicted molar refractivity (Wildman–Crippen MR) is 200 cm³/mol. The topological polar surface area (TPSA) is 108 Å². The SMILES string of the molecule is CC1(C)OB(B2OC(C)(C)C(C)(C)O2)OC1(C)C.CCOC(=O)c1cc(F)cc(B2OC(C)(C)C(C)(C)O2)c1.CCOC(=O)c1cc(F)cc(Br)c1. The lowest BCUT2D eigenvalue weighted by molar-refractivity contribution is 0.00578. The van der Waals surface area contributed by atoms with E-state index in [9.17, 15) is 18.4 Å². The summed E-state index contributed by atoms with van der Waals surface area (Å²) in [5.74, 6) is -2.06. The van der Waals surface area contributed by atoms with E-state index in [0.29, 0.717) is 9.94 Å². The number of hydrogen-bond acceptors (Lipinski definition) is 10. The first-order valence-corrected chi connectivity index (χ1v) is 18.1. The summed E-state index contributed by atoms with van der Waals surface area (Å²) < 4.78 is 72.2. The fourth-order valence-corrected chi connectivity index (χ4v) is 5.41. The van der Waals surface area contributed by atoms with Gasteiger partial charge in [0.25, 0.3) is 0 Å². The third-order valence-electron chi connectivity index (χ3n) is 10.1. The Morgan fingerprint density at radius 2 is 0.885 bits per heavy atom. The largest absolute Gasteiger partial charge is 0.494 e. The first-order valence-electron chi connectivity index (χ1n) is 17.4. The molecular weight excluding hydrogens is 743 g/mol. The molecule has 52 heavy (non-hydrogen) atoms. The van der Waals surface area contributed by atoms with Crippen LogP contribution in [0, 0.1) is 11.6 Å². The summed E-state index contributed by atoms with van der Waals surface area (Å²) in [6.45, 7) is 27.8. The lowest BCUT2D eigenvalue weighted by atomic mass is 9.49. The summed E-state index contributed by atoms with van der Waals surface area (Å²) in [7, 11) is -1.66. The number of halogens is 3. The summed E-state index contributed by atoms with van der Waals surface area (Å²) in [6.07, 6.45) is 0. The van der Waals surface area contributed by atoms with Gasteiger partial charge in [0.2, 0.25) is 0 Å². The zero-order valence-corrected chi connectivity index (χ0v) is 34.4. The van der Waals surface area contributed by atoms with Crippen LogP contribution < -0.4 is 5.46 Å². The molecule has 16 heteroatoms. The number of hydrogen-bond donors (Lipinski definition) is 0. The third-order valence-corrected chi connectivity index (χ3v) is 10.6. The summed E-state index contributed by atoms with van der Waals surface area (Å²) in [5, 5.41) is 0. The fourth-order valence-electron chi connectivity index (χ4n) is 4.95. The molecule has 0 amide bonds. The number of carbonyl (C=O) groups is 2. The van der Waals surface area contributed by atoms with Crippen molar-refractivity contribution in [2.75, 3.05) is 13.2 Å². The Hall–Kier alpha value is -2.33. The van der Waals surface area contributed by atoms with E-state index in [-0.39, 0.29) is 46.7 Å². The van der Waals surface area contributed by atoms with E-state index < -0.39 is 55.9 Å². The molecular formula is C36H52B3BrF2O10. The number of rotatable bonds is 6. The molecule has 0 atom stereocenters. The van der Waals surface area contributed by atoms with Gasteiger partial charge in [-0.15, -0.1) is 0 Å². The van der Waals surface area contributed by atoms with Crippen molar-refractivity contribution in [2.45, 2.75) is 131 Å². The van der Waals surface area contributed by atoms with Gasteiger partial charge in [-0.05, 0) is 139 Å². The average Bonchev–Trinajstić information content (AvgIpc) is 3.46. The van der Waals surface area contributed by atoms with Gasteiger partial charge < -0.3 is 37.4 Å². The second-order valence-electron chi connectivity index (χ2n) is 15.7. The van der Waals surface area contributed by atoms with E-state index in [4.69, 9.17) is 37.4 Å².